The van der Waals surface area contributed by atoms with Crippen molar-refractivity contribution in [2.24, 2.45) is 5.92 Å². The van der Waals surface area contributed by atoms with Gasteiger partial charge in [0, 0.05) is 6.54 Å². The second-order valence-electron chi connectivity index (χ2n) is 8.17. The number of amides is 1. The standard InChI is InChI=1S/C23H44N2O4/c1-3-5-6-7-10-13-20(4-2)22(26)28-19-12-9-8-11-16-25-23(27)29-21-14-17-24-18-15-21/h20-21,24H,3-19H2,1-2H3,(H,25,27). The van der Waals surface area contributed by atoms with Gasteiger partial charge in [-0.2, -0.15) is 0 Å². The largest absolute Gasteiger partial charge is 0.465 e. The Kier molecular flexibility index (Phi) is 15.6. The predicted octanol–water partition coefficient (Wildman–Crippen LogP) is 4.95. The van der Waals surface area contributed by atoms with Crippen molar-refractivity contribution in [2.45, 2.75) is 103 Å². The van der Waals surface area contributed by atoms with Crippen molar-refractivity contribution in [1.82, 2.24) is 10.6 Å². The Morgan fingerprint density at radius 3 is 2.38 bits per heavy atom. The van der Waals surface area contributed by atoms with E-state index in [1.165, 1.54) is 25.7 Å². The number of alkyl carbamates (subject to hydrolysis) is 1. The average molecular weight is 413 g/mol. The molecule has 0 radical (unpaired) electrons. The maximum Gasteiger partial charge on any atom is 0.407 e. The molecule has 1 amide bonds. The third-order valence-electron chi connectivity index (χ3n) is 5.63. The maximum atomic E-state index is 12.2. The Labute approximate surface area is 177 Å². The van der Waals surface area contributed by atoms with Gasteiger partial charge in [-0.25, -0.2) is 4.79 Å². The van der Waals surface area contributed by atoms with Crippen LogP contribution in [-0.4, -0.2) is 44.4 Å². The highest BCUT2D eigenvalue weighted by atomic mass is 16.6. The number of piperidine rings is 1. The van der Waals surface area contributed by atoms with Crippen LogP contribution in [0.25, 0.3) is 0 Å². The first-order chi connectivity index (χ1) is 14.2. The van der Waals surface area contributed by atoms with Crippen LogP contribution in [0.4, 0.5) is 4.79 Å². The summed E-state index contributed by atoms with van der Waals surface area (Å²) in [6.07, 6.45) is 13.3. The van der Waals surface area contributed by atoms with Crippen LogP contribution in [-0.2, 0) is 14.3 Å². The molecule has 6 nitrogen and oxygen atoms in total. The second kappa shape index (κ2) is 17.5. The van der Waals surface area contributed by atoms with Crippen LogP contribution in [0.3, 0.4) is 0 Å². The van der Waals surface area contributed by atoms with Crippen molar-refractivity contribution >= 4 is 12.1 Å². The van der Waals surface area contributed by atoms with Crippen molar-refractivity contribution in [1.29, 1.82) is 0 Å². The molecule has 1 heterocycles. The average Bonchev–Trinajstić information content (AvgIpc) is 2.73. The van der Waals surface area contributed by atoms with Crippen molar-refractivity contribution < 1.29 is 19.1 Å². The van der Waals surface area contributed by atoms with Gasteiger partial charge in [0.05, 0.1) is 12.5 Å². The van der Waals surface area contributed by atoms with Gasteiger partial charge in [0.15, 0.2) is 0 Å². The Morgan fingerprint density at radius 2 is 1.66 bits per heavy atom. The lowest BCUT2D eigenvalue weighted by Gasteiger charge is -2.22. The lowest BCUT2D eigenvalue weighted by Crippen LogP contribution is -2.36. The van der Waals surface area contributed by atoms with Gasteiger partial charge in [0.2, 0.25) is 0 Å². The zero-order chi connectivity index (χ0) is 21.2. The lowest BCUT2D eigenvalue weighted by molar-refractivity contribution is -0.149. The summed E-state index contributed by atoms with van der Waals surface area (Å²) in [5.74, 6) is 0.0390. The first-order valence-electron chi connectivity index (χ1n) is 12.0. The van der Waals surface area contributed by atoms with Crippen LogP contribution in [0.5, 0.6) is 0 Å². The minimum Gasteiger partial charge on any atom is -0.465 e. The fourth-order valence-corrected chi connectivity index (χ4v) is 3.65. The lowest BCUT2D eigenvalue weighted by atomic mass is 9.98. The van der Waals surface area contributed by atoms with E-state index >= 15 is 0 Å². The molecule has 2 N–H and O–H groups in total. The van der Waals surface area contributed by atoms with Crippen LogP contribution < -0.4 is 10.6 Å². The molecule has 1 fully saturated rings. The molecule has 0 bridgehead atoms. The Bertz CT molecular complexity index is 425. The van der Waals surface area contributed by atoms with E-state index in [9.17, 15) is 9.59 Å². The first-order valence-corrected chi connectivity index (χ1v) is 12.0. The monoisotopic (exact) mass is 412 g/mol. The molecule has 1 aliphatic heterocycles. The van der Waals surface area contributed by atoms with Crippen molar-refractivity contribution in [2.75, 3.05) is 26.2 Å². The summed E-state index contributed by atoms with van der Waals surface area (Å²) in [6, 6.07) is 0. The summed E-state index contributed by atoms with van der Waals surface area (Å²) in [7, 11) is 0. The van der Waals surface area contributed by atoms with E-state index in [0.29, 0.717) is 13.2 Å². The molecule has 1 rings (SSSR count). The molecule has 0 saturated carbocycles. The number of nitrogens with one attached hydrogen (secondary N) is 2. The summed E-state index contributed by atoms with van der Waals surface area (Å²) in [6.45, 7) is 7.27. The van der Waals surface area contributed by atoms with Crippen LogP contribution in [0.1, 0.15) is 97.3 Å². The number of esters is 1. The molecule has 1 unspecified atom stereocenters. The van der Waals surface area contributed by atoms with Crippen LogP contribution in [0.2, 0.25) is 0 Å². The molecule has 6 heteroatoms. The van der Waals surface area contributed by atoms with E-state index in [-0.39, 0.29) is 24.1 Å². The number of ether oxygens (including phenoxy) is 2. The second-order valence-corrected chi connectivity index (χ2v) is 8.17. The van der Waals surface area contributed by atoms with Gasteiger partial charge in [-0.1, -0.05) is 52.4 Å². The van der Waals surface area contributed by atoms with Gasteiger partial charge in [0.1, 0.15) is 6.10 Å². The molecule has 0 spiro atoms. The number of carbonyl (C=O) groups is 2. The molecule has 1 aliphatic rings. The third kappa shape index (κ3) is 13.5. The van der Waals surface area contributed by atoms with E-state index in [1.54, 1.807) is 0 Å². The molecule has 170 valence electrons. The summed E-state index contributed by atoms with van der Waals surface area (Å²) in [5, 5.41) is 6.08. The summed E-state index contributed by atoms with van der Waals surface area (Å²) < 4.78 is 10.9. The molecular weight excluding hydrogens is 368 g/mol. The summed E-state index contributed by atoms with van der Waals surface area (Å²) in [4.78, 5) is 23.9. The number of carbonyl (C=O) groups excluding carboxylic acids is 2. The molecule has 0 aliphatic carbocycles. The van der Waals surface area contributed by atoms with Crippen molar-refractivity contribution in [3.8, 4) is 0 Å². The van der Waals surface area contributed by atoms with Crippen LogP contribution in [0, 0.1) is 5.92 Å². The van der Waals surface area contributed by atoms with E-state index in [4.69, 9.17) is 9.47 Å². The number of rotatable bonds is 16. The first kappa shape index (κ1) is 25.7. The molecule has 1 atom stereocenters. The Morgan fingerprint density at radius 1 is 0.966 bits per heavy atom. The van der Waals surface area contributed by atoms with Gasteiger partial charge in [-0.15, -0.1) is 0 Å². The quantitative estimate of drug-likeness (QED) is 0.277. The van der Waals surface area contributed by atoms with Gasteiger partial charge >= 0.3 is 12.1 Å². The van der Waals surface area contributed by atoms with Gasteiger partial charge in [0.25, 0.3) is 0 Å². The normalized spacial score (nSPS) is 15.7. The SMILES string of the molecule is CCCCCCCC(CC)C(=O)OCCCCCCNC(=O)OC1CCNCC1. The molecule has 1 saturated heterocycles. The Balaban J connectivity index is 1.94. The minimum atomic E-state index is -0.300. The van der Waals surface area contributed by atoms with Gasteiger partial charge in [-0.05, 0) is 58.0 Å². The fraction of sp³-hybridized carbons (Fsp3) is 0.913. The smallest absolute Gasteiger partial charge is 0.407 e. The van der Waals surface area contributed by atoms with E-state index < -0.39 is 0 Å². The van der Waals surface area contributed by atoms with E-state index in [0.717, 1.165) is 70.9 Å². The third-order valence-corrected chi connectivity index (χ3v) is 5.63. The van der Waals surface area contributed by atoms with Crippen molar-refractivity contribution in [3.05, 3.63) is 0 Å². The highest BCUT2D eigenvalue weighted by molar-refractivity contribution is 5.72. The molecule has 29 heavy (non-hydrogen) atoms. The van der Waals surface area contributed by atoms with E-state index in [2.05, 4.69) is 24.5 Å². The predicted molar refractivity (Wildman–Crippen MR) is 117 cm³/mol. The Hall–Kier alpha value is -1.30. The molecule has 0 aromatic heterocycles. The number of unbranched alkanes of at least 4 members (excludes halogenated alkanes) is 7. The zero-order valence-electron chi connectivity index (χ0n) is 18.8. The number of hydrogen-bond acceptors (Lipinski definition) is 5. The molecular formula is C23H44N2O4. The van der Waals surface area contributed by atoms with Crippen LogP contribution in [0.15, 0.2) is 0 Å². The number of hydrogen-bond donors (Lipinski definition) is 2. The summed E-state index contributed by atoms with van der Waals surface area (Å²) in [5.41, 5.74) is 0. The zero-order valence-corrected chi connectivity index (χ0v) is 18.8. The minimum absolute atomic E-state index is 0.0229. The van der Waals surface area contributed by atoms with Gasteiger partial charge < -0.3 is 20.1 Å². The highest BCUT2D eigenvalue weighted by Crippen LogP contribution is 2.16. The van der Waals surface area contributed by atoms with Crippen LogP contribution >= 0.6 is 0 Å². The van der Waals surface area contributed by atoms with E-state index in [1.807, 2.05) is 0 Å². The van der Waals surface area contributed by atoms with Gasteiger partial charge in [-0.3, -0.25) is 4.79 Å². The fourth-order valence-electron chi connectivity index (χ4n) is 3.65. The topological polar surface area (TPSA) is 76.7 Å². The molecule has 0 aromatic carbocycles. The highest BCUT2D eigenvalue weighted by Gasteiger charge is 2.18. The van der Waals surface area contributed by atoms with Crippen molar-refractivity contribution in [3.63, 3.8) is 0 Å². The molecule has 0 aromatic rings. The maximum absolute atomic E-state index is 12.2. The summed E-state index contributed by atoms with van der Waals surface area (Å²) >= 11 is 0.